The Balaban J connectivity index is 1.88. The summed E-state index contributed by atoms with van der Waals surface area (Å²) in [7, 11) is 1.67. The van der Waals surface area contributed by atoms with Crippen LogP contribution in [0, 0.1) is 0 Å². The van der Waals surface area contributed by atoms with Gasteiger partial charge in [0.05, 0.1) is 12.7 Å². The first-order valence-corrected chi connectivity index (χ1v) is 10.8. The Morgan fingerprint density at radius 2 is 1.58 bits per heavy atom. The van der Waals surface area contributed by atoms with Gasteiger partial charge in [0, 0.05) is 21.2 Å². The highest BCUT2D eigenvalue weighted by Crippen LogP contribution is 2.40. The van der Waals surface area contributed by atoms with Crippen LogP contribution < -0.4 is 10.2 Å². The third-order valence-electron chi connectivity index (χ3n) is 5.26. The number of nitrogens with zero attached hydrogens (tertiary/aromatic N) is 1. The minimum atomic E-state index is -0.653. The highest BCUT2D eigenvalue weighted by Gasteiger charge is 2.29. The summed E-state index contributed by atoms with van der Waals surface area (Å²) in [5, 5.41) is 1.01. The van der Waals surface area contributed by atoms with Crippen LogP contribution in [-0.4, -0.2) is 12.9 Å². The fraction of sp³-hybridized carbons (Fsp3) is 0.240. The van der Waals surface area contributed by atoms with Gasteiger partial charge in [0.1, 0.15) is 5.75 Å². The van der Waals surface area contributed by atoms with Crippen LogP contribution in [0.1, 0.15) is 43.7 Å². The van der Waals surface area contributed by atoms with Crippen LogP contribution in [0.15, 0.2) is 65.7 Å². The molecular formula is C25H24Cl2N2O2. The third-order valence-corrected chi connectivity index (χ3v) is 5.92. The second-order valence-corrected chi connectivity index (χ2v) is 9.22. The first kappa shape index (κ1) is 21.7. The molecule has 1 heterocycles. The van der Waals surface area contributed by atoms with Crippen molar-refractivity contribution < 1.29 is 9.57 Å². The van der Waals surface area contributed by atoms with Crippen LogP contribution in [0.4, 0.5) is 0 Å². The Morgan fingerprint density at radius 3 is 2.19 bits per heavy atom. The van der Waals surface area contributed by atoms with Crippen molar-refractivity contribution in [3.05, 3.63) is 87.4 Å². The number of methoxy groups -OCH3 is 1. The molecule has 0 amide bonds. The van der Waals surface area contributed by atoms with Crippen molar-refractivity contribution in [3.8, 4) is 16.9 Å². The highest BCUT2D eigenvalue weighted by atomic mass is 35.5. The maximum absolute atomic E-state index is 6.37. The lowest BCUT2D eigenvalue weighted by molar-refractivity contribution is 0.0378. The molecule has 1 aliphatic rings. The van der Waals surface area contributed by atoms with Gasteiger partial charge in [-0.2, -0.15) is 0 Å². The molecule has 1 atom stereocenters. The second-order valence-electron chi connectivity index (χ2n) is 8.41. The van der Waals surface area contributed by atoms with Gasteiger partial charge in [-0.15, -0.1) is 0 Å². The number of hydrogen-bond acceptors (Lipinski definition) is 4. The maximum Gasteiger partial charge on any atom is 0.205 e. The molecule has 1 N–H and O–H groups in total. The van der Waals surface area contributed by atoms with Crippen LogP contribution >= 0.6 is 23.2 Å². The van der Waals surface area contributed by atoms with Gasteiger partial charge >= 0.3 is 0 Å². The molecule has 0 saturated carbocycles. The van der Waals surface area contributed by atoms with Crippen molar-refractivity contribution in [2.24, 2.45) is 4.99 Å². The molecule has 31 heavy (non-hydrogen) atoms. The molecule has 3 aromatic rings. The molecule has 0 aromatic heterocycles. The van der Waals surface area contributed by atoms with E-state index >= 15 is 0 Å². The average Bonchev–Trinajstić information content (AvgIpc) is 3.22. The van der Waals surface area contributed by atoms with Crippen LogP contribution in [0.25, 0.3) is 11.1 Å². The molecule has 0 fully saturated rings. The minimum Gasteiger partial charge on any atom is -0.495 e. The molecule has 0 spiro atoms. The van der Waals surface area contributed by atoms with Crippen molar-refractivity contribution in [2.75, 3.05) is 7.11 Å². The smallest absolute Gasteiger partial charge is 0.205 e. The van der Waals surface area contributed by atoms with E-state index < -0.39 is 6.23 Å². The van der Waals surface area contributed by atoms with Gasteiger partial charge in [0.2, 0.25) is 6.23 Å². The quantitative estimate of drug-likeness (QED) is 0.463. The van der Waals surface area contributed by atoms with E-state index in [9.17, 15) is 0 Å². The molecule has 0 aliphatic carbocycles. The number of rotatable bonds is 4. The molecule has 0 radical (unpaired) electrons. The molecule has 3 aromatic carbocycles. The Bertz CT molecular complexity index is 1120. The lowest BCUT2D eigenvalue weighted by Gasteiger charge is -2.23. The van der Waals surface area contributed by atoms with Crippen LogP contribution in [-0.2, 0) is 10.3 Å². The van der Waals surface area contributed by atoms with Gasteiger partial charge < -0.3 is 4.74 Å². The van der Waals surface area contributed by atoms with E-state index in [0.717, 1.165) is 28.0 Å². The molecule has 1 unspecified atom stereocenters. The number of benzene rings is 3. The highest BCUT2D eigenvalue weighted by molar-refractivity contribution is 6.36. The number of halogens is 2. The maximum atomic E-state index is 6.37. The molecule has 4 nitrogen and oxygen atoms in total. The summed E-state index contributed by atoms with van der Waals surface area (Å²) in [6.07, 6.45) is -0.653. The molecule has 160 valence electrons. The van der Waals surface area contributed by atoms with E-state index in [1.54, 1.807) is 25.3 Å². The Morgan fingerprint density at radius 1 is 0.935 bits per heavy atom. The first-order valence-electron chi connectivity index (χ1n) is 10.0. The minimum absolute atomic E-state index is 0.0734. The van der Waals surface area contributed by atoms with Crippen LogP contribution in [0.2, 0.25) is 10.0 Å². The van der Waals surface area contributed by atoms with Gasteiger partial charge in [-0.1, -0.05) is 80.4 Å². The first-order chi connectivity index (χ1) is 14.8. The summed E-state index contributed by atoms with van der Waals surface area (Å²) in [5.41, 5.74) is 7.55. The number of hydroxylamine groups is 1. The fourth-order valence-electron chi connectivity index (χ4n) is 3.57. The number of ether oxygens (including phenoxy) is 1. The Kier molecular flexibility index (Phi) is 5.98. The number of nitrogens with one attached hydrogen (secondary N) is 1. The fourth-order valence-corrected chi connectivity index (χ4v) is 4.15. The molecule has 0 bridgehead atoms. The van der Waals surface area contributed by atoms with Gasteiger partial charge in [-0.05, 0) is 40.8 Å². The van der Waals surface area contributed by atoms with Crippen molar-refractivity contribution >= 4 is 29.0 Å². The molecule has 0 saturated heterocycles. The summed E-state index contributed by atoms with van der Waals surface area (Å²) in [5.74, 6) is 1.29. The lowest BCUT2D eigenvalue weighted by Crippen LogP contribution is -2.21. The molecule has 4 rings (SSSR count). The number of hydrogen-bond donors (Lipinski definition) is 1. The van der Waals surface area contributed by atoms with Crippen LogP contribution in [0.3, 0.4) is 0 Å². The van der Waals surface area contributed by atoms with E-state index in [4.69, 9.17) is 37.8 Å². The number of amidine groups is 1. The topological polar surface area (TPSA) is 42.9 Å². The van der Waals surface area contributed by atoms with E-state index in [1.807, 2.05) is 18.2 Å². The average molecular weight is 455 g/mol. The summed E-state index contributed by atoms with van der Waals surface area (Å²) in [6.45, 7) is 6.54. The molecular weight excluding hydrogens is 431 g/mol. The predicted molar refractivity (Wildman–Crippen MR) is 127 cm³/mol. The van der Waals surface area contributed by atoms with E-state index in [0.29, 0.717) is 21.4 Å². The van der Waals surface area contributed by atoms with Gasteiger partial charge in [0.15, 0.2) is 5.84 Å². The van der Waals surface area contributed by atoms with Crippen molar-refractivity contribution in [3.63, 3.8) is 0 Å². The Hall–Kier alpha value is -2.53. The predicted octanol–water partition coefficient (Wildman–Crippen LogP) is 6.95. The van der Waals surface area contributed by atoms with Crippen molar-refractivity contribution in [1.82, 2.24) is 5.48 Å². The van der Waals surface area contributed by atoms with Crippen LogP contribution in [0.5, 0.6) is 5.75 Å². The zero-order valence-corrected chi connectivity index (χ0v) is 19.4. The monoisotopic (exact) mass is 454 g/mol. The third kappa shape index (κ3) is 4.29. The summed E-state index contributed by atoms with van der Waals surface area (Å²) in [4.78, 5) is 10.5. The van der Waals surface area contributed by atoms with Crippen molar-refractivity contribution in [2.45, 2.75) is 32.4 Å². The summed E-state index contributed by atoms with van der Waals surface area (Å²) < 4.78 is 5.87. The van der Waals surface area contributed by atoms with E-state index in [1.165, 1.54) is 0 Å². The second kappa shape index (κ2) is 8.54. The summed E-state index contributed by atoms with van der Waals surface area (Å²) in [6, 6.07) is 19.8. The normalized spacial score (nSPS) is 16.1. The van der Waals surface area contributed by atoms with Crippen molar-refractivity contribution in [1.29, 1.82) is 0 Å². The van der Waals surface area contributed by atoms with Gasteiger partial charge in [-0.25, -0.2) is 15.3 Å². The Labute approximate surface area is 192 Å². The zero-order chi connectivity index (χ0) is 22.2. The number of aliphatic imine (C=N–C) groups is 1. The van der Waals surface area contributed by atoms with E-state index in [2.05, 4.69) is 50.5 Å². The largest absolute Gasteiger partial charge is 0.495 e. The van der Waals surface area contributed by atoms with E-state index in [-0.39, 0.29) is 5.41 Å². The summed E-state index contributed by atoms with van der Waals surface area (Å²) >= 11 is 12.7. The zero-order valence-electron chi connectivity index (χ0n) is 17.9. The SMILES string of the molecule is COc1c(C2=NC(c3c(Cl)cccc3Cl)ON2)cc(C(C)(C)C)cc1-c1ccccc1. The lowest BCUT2D eigenvalue weighted by atomic mass is 9.83. The molecule has 1 aliphatic heterocycles. The van der Waals surface area contributed by atoms with Gasteiger partial charge in [-0.3, -0.25) is 0 Å². The van der Waals surface area contributed by atoms with Gasteiger partial charge in [0.25, 0.3) is 0 Å². The molecule has 6 heteroatoms. The standard InChI is InChI=1S/C25H24Cl2N2O2/c1-25(2,3)16-13-17(15-9-6-5-7-10-15)22(30-4)18(14-16)23-28-24(31-29-23)21-19(26)11-8-12-20(21)27/h5-14,24H,1-4H3,(H,28,29).